The maximum absolute atomic E-state index is 6.49. The van der Waals surface area contributed by atoms with Crippen LogP contribution in [0.3, 0.4) is 0 Å². The summed E-state index contributed by atoms with van der Waals surface area (Å²) in [4.78, 5) is 0. The van der Waals surface area contributed by atoms with E-state index in [1.165, 1.54) is 27.8 Å². The van der Waals surface area contributed by atoms with Crippen LogP contribution in [-0.2, 0) is 5.41 Å². The minimum Gasteiger partial charge on any atom is -0.487 e. The van der Waals surface area contributed by atoms with E-state index in [2.05, 4.69) is 97.0 Å². The molecule has 0 unspecified atom stereocenters. The highest BCUT2D eigenvalue weighted by Crippen LogP contribution is 2.49. The van der Waals surface area contributed by atoms with E-state index in [4.69, 9.17) is 4.74 Å². The largest absolute Gasteiger partial charge is 0.487 e. The fraction of sp³-hybridized carbons (Fsp3) is 0.440. The molecule has 1 aliphatic rings. The molecule has 0 N–H and O–H groups in total. The molecule has 1 heterocycles. The normalized spacial score (nSPS) is 18.0. The molecule has 0 fully saturated rings. The monoisotopic (exact) mass is 348 g/mol. The minimum absolute atomic E-state index is 0.0949. The third-order valence-corrected chi connectivity index (χ3v) is 5.29. The standard InChI is InChI=1S/C25H32O/c1-8-10-18-11-9-12-19(13-18)20-14-21(17(2)3)23-22(15-20)24(4,5)16-25(6,7)26-23/h8-15,17H,16H2,1-7H3/b10-8+. The first kappa shape index (κ1) is 18.8. The zero-order valence-corrected chi connectivity index (χ0v) is 17.3. The average Bonchev–Trinajstić information content (AvgIpc) is 2.53. The summed E-state index contributed by atoms with van der Waals surface area (Å²) in [5, 5.41) is 0. The van der Waals surface area contributed by atoms with E-state index >= 15 is 0 Å². The van der Waals surface area contributed by atoms with Gasteiger partial charge < -0.3 is 4.74 Å². The van der Waals surface area contributed by atoms with Gasteiger partial charge in [-0.15, -0.1) is 0 Å². The molecule has 0 aromatic heterocycles. The van der Waals surface area contributed by atoms with Crippen molar-refractivity contribution in [3.8, 4) is 16.9 Å². The Hall–Kier alpha value is -2.02. The van der Waals surface area contributed by atoms with Crippen LogP contribution in [0, 0.1) is 0 Å². The van der Waals surface area contributed by atoms with Gasteiger partial charge in [-0.2, -0.15) is 0 Å². The molecular weight excluding hydrogens is 316 g/mol. The fourth-order valence-electron chi connectivity index (χ4n) is 4.35. The van der Waals surface area contributed by atoms with Crippen molar-refractivity contribution in [3.63, 3.8) is 0 Å². The Labute approximate surface area is 159 Å². The smallest absolute Gasteiger partial charge is 0.127 e. The van der Waals surface area contributed by atoms with E-state index in [1.54, 1.807) is 0 Å². The van der Waals surface area contributed by atoms with Crippen LogP contribution in [-0.4, -0.2) is 5.60 Å². The van der Waals surface area contributed by atoms with E-state index in [1.807, 2.05) is 0 Å². The first-order chi connectivity index (χ1) is 12.1. The van der Waals surface area contributed by atoms with Gasteiger partial charge in [0.05, 0.1) is 0 Å². The summed E-state index contributed by atoms with van der Waals surface area (Å²) in [5.41, 5.74) is 6.42. The first-order valence-electron chi connectivity index (χ1n) is 9.73. The fourth-order valence-corrected chi connectivity index (χ4v) is 4.35. The highest BCUT2D eigenvalue weighted by molar-refractivity contribution is 5.71. The van der Waals surface area contributed by atoms with Crippen molar-refractivity contribution in [2.75, 3.05) is 0 Å². The molecule has 2 aromatic carbocycles. The Balaban J connectivity index is 2.22. The van der Waals surface area contributed by atoms with Gasteiger partial charge in [0.25, 0.3) is 0 Å². The van der Waals surface area contributed by atoms with Gasteiger partial charge in [-0.25, -0.2) is 0 Å². The topological polar surface area (TPSA) is 9.23 Å². The van der Waals surface area contributed by atoms with Crippen LogP contribution in [0.2, 0.25) is 0 Å². The Bertz CT molecular complexity index is 837. The lowest BCUT2D eigenvalue weighted by atomic mass is 9.72. The van der Waals surface area contributed by atoms with Gasteiger partial charge in [0.1, 0.15) is 11.4 Å². The number of hydrogen-bond donors (Lipinski definition) is 0. The molecule has 0 radical (unpaired) electrons. The number of ether oxygens (including phenoxy) is 1. The molecule has 1 nitrogen and oxygen atoms in total. The Morgan fingerprint density at radius 1 is 1.00 bits per heavy atom. The lowest BCUT2D eigenvalue weighted by Crippen LogP contribution is -2.41. The molecule has 2 aromatic rings. The second-order valence-electron chi connectivity index (χ2n) is 9.14. The van der Waals surface area contributed by atoms with E-state index in [0.717, 1.165) is 12.2 Å². The Morgan fingerprint density at radius 2 is 1.73 bits per heavy atom. The molecule has 0 amide bonds. The minimum atomic E-state index is -0.131. The van der Waals surface area contributed by atoms with Crippen LogP contribution < -0.4 is 4.74 Å². The number of rotatable bonds is 3. The van der Waals surface area contributed by atoms with Crippen molar-refractivity contribution < 1.29 is 4.74 Å². The lowest BCUT2D eigenvalue weighted by molar-refractivity contribution is 0.0519. The summed E-state index contributed by atoms with van der Waals surface area (Å²) < 4.78 is 6.49. The highest BCUT2D eigenvalue weighted by Gasteiger charge is 2.40. The summed E-state index contributed by atoms with van der Waals surface area (Å²) in [7, 11) is 0. The average molecular weight is 349 g/mol. The summed E-state index contributed by atoms with van der Waals surface area (Å²) in [6, 6.07) is 13.5. The van der Waals surface area contributed by atoms with Gasteiger partial charge in [-0.1, -0.05) is 58.0 Å². The summed E-state index contributed by atoms with van der Waals surface area (Å²) in [6.07, 6.45) is 5.26. The van der Waals surface area contributed by atoms with Crippen molar-refractivity contribution in [1.82, 2.24) is 0 Å². The molecular formula is C25H32O. The maximum Gasteiger partial charge on any atom is 0.127 e. The van der Waals surface area contributed by atoms with E-state index < -0.39 is 0 Å². The first-order valence-corrected chi connectivity index (χ1v) is 9.73. The second kappa shape index (κ2) is 6.61. The van der Waals surface area contributed by atoms with Crippen LogP contribution in [0.4, 0.5) is 0 Å². The quantitative estimate of drug-likeness (QED) is 0.563. The predicted octanol–water partition coefficient (Wildman–Crippen LogP) is 7.35. The van der Waals surface area contributed by atoms with E-state index in [-0.39, 0.29) is 11.0 Å². The molecule has 0 spiro atoms. The molecule has 0 aliphatic carbocycles. The second-order valence-corrected chi connectivity index (χ2v) is 9.14. The molecule has 26 heavy (non-hydrogen) atoms. The Morgan fingerprint density at radius 3 is 2.38 bits per heavy atom. The molecule has 1 aliphatic heterocycles. The third-order valence-electron chi connectivity index (χ3n) is 5.29. The summed E-state index contributed by atoms with van der Waals surface area (Å²) >= 11 is 0. The third kappa shape index (κ3) is 3.58. The summed E-state index contributed by atoms with van der Waals surface area (Å²) in [5.74, 6) is 1.53. The van der Waals surface area contributed by atoms with Crippen LogP contribution in [0.1, 0.15) is 77.5 Å². The number of benzene rings is 2. The number of fused-ring (bicyclic) bond motifs is 1. The molecule has 3 rings (SSSR count). The lowest BCUT2D eigenvalue weighted by Gasteiger charge is -2.44. The van der Waals surface area contributed by atoms with Crippen molar-refractivity contribution in [1.29, 1.82) is 0 Å². The molecule has 0 saturated heterocycles. The molecule has 1 heteroatoms. The van der Waals surface area contributed by atoms with Gasteiger partial charge in [0, 0.05) is 5.56 Å². The number of allylic oxidation sites excluding steroid dienone is 1. The molecule has 138 valence electrons. The van der Waals surface area contributed by atoms with Crippen LogP contribution >= 0.6 is 0 Å². The molecule has 0 saturated carbocycles. The van der Waals surface area contributed by atoms with Crippen molar-refractivity contribution in [3.05, 3.63) is 59.2 Å². The highest BCUT2D eigenvalue weighted by atomic mass is 16.5. The van der Waals surface area contributed by atoms with Crippen molar-refractivity contribution in [2.24, 2.45) is 0 Å². The van der Waals surface area contributed by atoms with Gasteiger partial charge in [0.2, 0.25) is 0 Å². The van der Waals surface area contributed by atoms with E-state index in [9.17, 15) is 0 Å². The van der Waals surface area contributed by atoms with Gasteiger partial charge >= 0.3 is 0 Å². The van der Waals surface area contributed by atoms with Crippen molar-refractivity contribution in [2.45, 2.75) is 71.8 Å². The van der Waals surface area contributed by atoms with Crippen LogP contribution in [0.5, 0.6) is 5.75 Å². The van der Waals surface area contributed by atoms with Gasteiger partial charge in [-0.3, -0.25) is 0 Å². The van der Waals surface area contributed by atoms with Crippen molar-refractivity contribution >= 4 is 6.08 Å². The zero-order valence-electron chi connectivity index (χ0n) is 17.3. The summed E-state index contributed by atoms with van der Waals surface area (Å²) in [6.45, 7) is 15.7. The Kier molecular flexibility index (Phi) is 4.77. The maximum atomic E-state index is 6.49. The predicted molar refractivity (Wildman–Crippen MR) is 113 cm³/mol. The SMILES string of the molecule is C/C=C/c1cccc(-c2cc(C(C)C)c3c(c2)C(C)(C)CC(C)(C)O3)c1. The molecule has 0 atom stereocenters. The van der Waals surface area contributed by atoms with E-state index in [0.29, 0.717) is 5.92 Å². The zero-order chi connectivity index (χ0) is 19.1. The van der Waals surface area contributed by atoms with Gasteiger partial charge in [-0.05, 0) is 79.0 Å². The van der Waals surface area contributed by atoms with Crippen LogP contribution in [0.25, 0.3) is 17.2 Å². The van der Waals surface area contributed by atoms with Crippen LogP contribution in [0.15, 0.2) is 42.5 Å². The molecule has 0 bridgehead atoms. The van der Waals surface area contributed by atoms with Gasteiger partial charge in [0.15, 0.2) is 0 Å². The number of hydrogen-bond acceptors (Lipinski definition) is 1.